The first-order valence-electron chi connectivity index (χ1n) is 6.01. The van der Waals surface area contributed by atoms with Crippen LogP contribution in [0.2, 0.25) is 0 Å². The van der Waals surface area contributed by atoms with Gasteiger partial charge in [0.15, 0.2) is 0 Å². The molecule has 0 atom stereocenters. The van der Waals surface area contributed by atoms with Crippen molar-refractivity contribution < 1.29 is 9.84 Å². The molecule has 0 aromatic carbocycles. The van der Waals surface area contributed by atoms with Crippen molar-refractivity contribution in [3.05, 3.63) is 0 Å². The summed E-state index contributed by atoms with van der Waals surface area (Å²) in [5.41, 5.74) is 0.536. The number of hydrogen-bond acceptors (Lipinski definition) is 2. The molecule has 1 N–H and O–H groups in total. The van der Waals surface area contributed by atoms with E-state index in [1.807, 2.05) is 0 Å². The Kier molecular flexibility index (Phi) is 5.49. The van der Waals surface area contributed by atoms with Crippen molar-refractivity contribution in [1.82, 2.24) is 0 Å². The van der Waals surface area contributed by atoms with Crippen molar-refractivity contribution in [1.29, 1.82) is 0 Å². The smallest absolute Gasteiger partial charge is 0.0544 e. The number of rotatable bonds is 8. The molecular formula is C12H24O2. The van der Waals surface area contributed by atoms with Gasteiger partial charge in [0.25, 0.3) is 0 Å². The molecule has 1 heterocycles. The molecule has 0 bridgehead atoms. The lowest BCUT2D eigenvalue weighted by molar-refractivity contribution is -0.123. The van der Waals surface area contributed by atoms with Crippen LogP contribution in [0.25, 0.3) is 0 Å². The van der Waals surface area contributed by atoms with E-state index in [2.05, 4.69) is 6.92 Å². The van der Waals surface area contributed by atoms with Gasteiger partial charge in [0.1, 0.15) is 0 Å². The molecule has 0 amide bonds. The third kappa shape index (κ3) is 3.58. The highest BCUT2D eigenvalue weighted by atomic mass is 16.5. The SMILES string of the molecule is CCCC1(CCCCCCO)COC1. The molecule has 1 saturated heterocycles. The quantitative estimate of drug-likeness (QED) is 0.610. The Hall–Kier alpha value is -0.0800. The lowest BCUT2D eigenvalue weighted by atomic mass is 9.77. The van der Waals surface area contributed by atoms with Crippen molar-refractivity contribution >= 4 is 0 Å². The minimum atomic E-state index is 0.350. The number of ether oxygens (including phenoxy) is 1. The number of hydrogen-bond donors (Lipinski definition) is 1. The minimum absolute atomic E-state index is 0.350. The summed E-state index contributed by atoms with van der Waals surface area (Å²) in [4.78, 5) is 0. The fourth-order valence-corrected chi connectivity index (χ4v) is 2.30. The van der Waals surface area contributed by atoms with Gasteiger partial charge in [0, 0.05) is 12.0 Å². The molecule has 1 fully saturated rings. The van der Waals surface area contributed by atoms with E-state index in [0.29, 0.717) is 12.0 Å². The number of aliphatic hydroxyl groups excluding tert-OH is 1. The fourth-order valence-electron chi connectivity index (χ4n) is 2.30. The van der Waals surface area contributed by atoms with Gasteiger partial charge in [-0.15, -0.1) is 0 Å². The average molecular weight is 200 g/mol. The maximum Gasteiger partial charge on any atom is 0.0544 e. The highest BCUT2D eigenvalue weighted by molar-refractivity contribution is 4.84. The van der Waals surface area contributed by atoms with E-state index in [9.17, 15) is 0 Å². The van der Waals surface area contributed by atoms with E-state index in [0.717, 1.165) is 19.6 Å². The summed E-state index contributed by atoms with van der Waals surface area (Å²) in [5.74, 6) is 0. The lowest BCUT2D eigenvalue weighted by Crippen LogP contribution is -2.42. The molecule has 14 heavy (non-hydrogen) atoms. The van der Waals surface area contributed by atoms with Gasteiger partial charge < -0.3 is 9.84 Å². The number of aliphatic hydroxyl groups is 1. The summed E-state index contributed by atoms with van der Waals surface area (Å²) < 4.78 is 5.33. The Labute approximate surface area is 87.7 Å². The Morgan fingerprint density at radius 3 is 2.29 bits per heavy atom. The minimum Gasteiger partial charge on any atom is -0.396 e. The zero-order valence-corrected chi connectivity index (χ0v) is 9.43. The molecule has 1 aliphatic heterocycles. The first-order valence-corrected chi connectivity index (χ1v) is 6.01. The Morgan fingerprint density at radius 1 is 1.07 bits per heavy atom. The van der Waals surface area contributed by atoms with Gasteiger partial charge in [-0.25, -0.2) is 0 Å². The zero-order valence-electron chi connectivity index (χ0n) is 9.43. The summed E-state index contributed by atoms with van der Waals surface area (Å²) in [7, 11) is 0. The van der Waals surface area contributed by atoms with Crippen molar-refractivity contribution in [3.8, 4) is 0 Å². The number of unbranched alkanes of at least 4 members (excludes halogenated alkanes) is 3. The summed E-state index contributed by atoms with van der Waals surface area (Å²) in [6.07, 6.45) is 8.66. The van der Waals surface area contributed by atoms with Crippen LogP contribution in [0.5, 0.6) is 0 Å². The monoisotopic (exact) mass is 200 g/mol. The van der Waals surface area contributed by atoms with Crippen LogP contribution in [0.3, 0.4) is 0 Å². The van der Waals surface area contributed by atoms with E-state index in [-0.39, 0.29) is 0 Å². The Morgan fingerprint density at radius 2 is 1.79 bits per heavy atom. The van der Waals surface area contributed by atoms with Crippen LogP contribution in [0.1, 0.15) is 51.9 Å². The predicted molar refractivity (Wildman–Crippen MR) is 58.3 cm³/mol. The van der Waals surface area contributed by atoms with Crippen LogP contribution >= 0.6 is 0 Å². The standard InChI is InChI=1S/C12H24O2/c1-2-7-12(10-14-11-12)8-5-3-4-6-9-13/h13H,2-11H2,1H3. The topological polar surface area (TPSA) is 29.5 Å². The maximum atomic E-state index is 8.65. The van der Waals surface area contributed by atoms with E-state index < -0.39 is 0 Å². The van der Waals surface area contributed by atoms with Crippen LogP contribution in [-0.4, -0.2) is 24.9 Å². The summed E-state index contributed by atoms with van der Waals surface area (Å²) in [6.45, 7) is 4.58. The van der Waals surface area contributed by atoms with E-state index in [4.69, 9.17) is 9.84 Å². The Bertz CT molecular complexity index is 141. The lowest BCUT2D eigenvalue weighted by Gasteiger charge is -2.41. The molecule has 0 unspecified atom stereocenters. The molecular weight excluding hydrogens is 176 g/mol. The highest BCUT2D eigenvalue weighted by Crippen LogP contribution is 2.37. The third-order valence-corrected chi connectivity index (χ3v) is 3.21. The second kappa shape index (κ2) is 6.41. The molecule has 2 nitrogen and oxygen atoms in total. The molecule has 0 aromatic heterocycles. The first-order chi connectivity index (χ1) is 6.83. The van der Waals surface area contributed by atoms with Crippen LogP contribution < -0.4 is 0 Å². The summed E-state index contributed by atoms with van der Waals surface area (Å²) >= 11 is 0. The van der Waals surface area contributed by atoms with Crippen LogP contribution in [-0.2, 0) is 4.74 Å². The molecule has 1 rings (SSSR count). The average Bonchev–Trinajstić information content (AvgIpc) is 2.13. The molecule has 1 aliphatic rings. The molecule has 0 radical (unpaired) electrons. The zero-order chi connectivity index (χ0) is 10.3. The highest BCUT2D eigenvalue weighted by Gasteiger charge is 2.36. The second-order valence-electron chi connectivity index (χ2n) is 4.63. The van der Waals surface area contributed by atoms with E-state index in [1.54, 1.807) is 0 Å². The van der Waals surface area contributed by atoms with Gasteiger partial charge in [0.2, 0.25) is 0 Å². The second-order valence-corrected chi connectivity index (χ2v) is 4.63. The van der Waals surface area contributed by atoms with Gasteiger partial charge in [-0.3, -0.25) is 0 Å². The van der Waals surface area contributed by atoms with Crippen molar-refractivity contribution in [2.24, 2.45) is 5.41 Å². The van der Waals surface area contributed by atoms with Gasteiger partial charge in [0.05, 0.1) is 13.2 Å². The molecule has 0 spiro atoms. The largest absolute Gasteiger partial charge is 0.396 e. The summed E-state index contributed by atoms with van der Waals surface area (Å²) in [5, 5.41) is 8.65. The molecule has 2 heteroatoms. The van der Waals surface area contributed by atoms with Crippen LogP contribution in [0, 0.1) is 5.41 Å². The Balaban J connectivity index is 2.03. The van der Waals surface area contributed by atoms with E-state index >= 15 is 0 Å². The first kappa shape index (κ1) is 12.0. The molecule has 0 aliphatic carbocycles. The van der Waals surface area contributed by atoms with Gasteiger partial charge >= 0.3 is 0 Å². The summed E-state index contributed by atoms with van der Waals surface area (Å²) in [6, 6.07) is 0. The molecule has 0 saturated carbocycles. The van der Waals surface area contributed by atoms with Crippen molar-refractivity contribution in [2.75, 3.05) is 19.8 Å². The van der Waals surface area contributed by atoms with Crippen LogP contribution in [0.4, 0.5) is 0 Å². The molecule has 84 valence electrons. The van der Waals surface area contributed by atoms with Gasteiger partial charge in [-0.1, -0.05) is 32.6 Å². The maximum absolute atomic E-state index is 8.65. The normalized spacial score (nSPS) is 19.3. The third-order valence-electron chi connectivity index (χ3n) is 3.21. The van der Waals surface area contributed by atoms with E-state index in [1.165, 1.54) is 38.5 Å². The van der Waals surface area contributed by atoms with Gasteiger partial charge in [-0.05, 0) is 19.3 Å². The van der Waals surface area contributed by atoms with Crippen molar-refractivity contribution in [3.63, 3.8) is 0 Å². The van der Waals surface area contributed by atoms with Gasteiger partial charge in [-0.2, -0.15) is 0 Å². The molecule has 0 aromatic rings. The predicted octanol–water partition coefficient (Wildman–Crippen LogP) is 2.75. The van der Waals surface area contributed by atoms with Crippen LogP contribution in [0.15, 0.2) is 0 Å². The van der Waals surface area contributed by atoms with Crippen molar-refractivity contribution in [2.45, 2.75) is 51.9 Å². The fraction of sp³-hybridized carbons (Fsp3) is 1.00.